The molecule has 1 spiro atoms. The topological polar surface area (TPSA) is 80.3 Å². The summed E-state index contributed by atoms with van der Waals surface area (Å²) in [6.45, 7) is 4.59. The first-order valence-electron chi connectivity index (χ1n) is 10.5. The molecule has 8 nitrogen and oxygen atoms in total. The Hall–Kier alpha value is -2.39. The van der Waals surface area contributed by atoms with Crippen molar-refractivity contribution in [2.24, 2.45) is 0 Å². The van der Waals surface area contributed by atoms with E-state index in [1.807, 2.05) is 4.90 Å². The van der Waals surface area contributed by atoms with Gasteiger partial charge in [-0.15, -0.1) is 0 Å². The number of carbonyl (C=O) groups is 2. The van der Waals surface area contributed by atoms with E-state index < -0.39 is 18.0 Å². The van der Waals surface area contributed by atoms with Crippen LogP contribution in [0.2, 0.25) is 0 Å². The Labute approximate surface area is 175 Å². The first-order chi connectivity index (χ1) is 14.5. The third-order valence-electron chi connectivity index (χ3n) is 5.83. The second kappa shape index (κ2) is 8.77. The Kier molecular flexibility index (Phi) is 6.10. The number of ether oxygens (including phenoxy) is 3. The van der Waals surface area contributed by atoms with Crippen LogP contribution in [0.1, 0.15) is 32.6 Å². The standard InChI is InChI=1S/C21H28FN3O5/c1-15(26)23-13-17-14-25(20(27)30-17)16-4-5-19(18(22)12-16)24-8-6-21(7-9-24)28-10-2-3-11-29-21/h4-5,12,17H,2-3,6-11,13-14H2,1H3,(H,23,26). The summed E-state index contributed by atoms with van der Waals surface area (Å²) in [5.41, 5.74) is 0.945. The van der Waals surface area contributed by atoms with Gasteiger partial charge in [0, 0.05) is 32.9 Å². The summed E-state index contributed by atoms with van der Waals surface area (Å²) in [5, 5.41) is 2.63. The molecule has 1 atom stereocenters. The summed E-state index contributed by atoms with van der Waals surface area (Å²) < 4.78 is 32.1. The maximum atomic E-state index is 14.9. The van der Waals surface area contributed by atoms with Crippen LogP contribution in [-0.2, 0) is 19.0 Å². The van der Waals surface area contributed by atoms with Crippen LogP contribution in [0.4, 0.5) is 20.6 Å². The minimum absolute atomic E-state index is 0.192. The van der Waals surface area contributed by atoms with Gasteiger partial charge in [0.1, 0.15) is 11.9 Å². The van der Waals surface area contributed by atoms with E-state index in [4.69, 9.17) is 14.2 Å². The lowest BCUT2D eigenvalue weighted by molar-refractivity contribution is -0.235. The van der Waals surface area contributed by atoms with Gasteiger partial charge in [0.15, 0.2) is 5.79 Å². The van der Waals surface area contributed by atoms with Crippen molar-refractivity contribution in [3.63, 3.8) is 0 Å². The number of cyclic esters (lactones) is 1. The van der Waals surface area contributed by atoms with Crippen LogP contribution >= 0.6 is 0 Å². The molecule has 1 aromatic rings. The van der Waals surface area contributed by atoms with Crippen LogP contribution in [0.5, 0.6) is 0 Å². The van der Waals surface area contributed by atoms with Crippen molar-refractivity contribution >= 4 is 23.4 Å². The normalized spacial score (nSPS) is 23.9. The molecule has 1 aromatic carbocycles. The predicted molar refractivity (Wildman–Crippen MR) is 108 cm³/mol. The van der Waals surface area contributed by atoms with Crippen molar-refractivity contribution in [3.05, 3.63) is 24.0 Å². The van der Waals surface area contributed by atoms with Crippen molar-refractivity contribution in [3.8, 4) is 0 Å². The summed E-state index contributed by atoms with van der Waals surface area (Å²) >= 11 is 0. The smallest absolute Gasteiger partial charge is 0.414 e. The average molecular weight is 421 g/mol. The molecule has 3 aliphatic heterocycles. The third kappa shape index (κ3) is 4.52. The minimum Gasteiger partial charge on any atom is -0.442 e. The molecule has 0 aromatic heterocycles. The number of nitrogens with zero attached hydrogens (tertiary/aromatic N) is 2. The molecule has 4 rings (SSSR count). The highest BCUT2D eigenvalue weighted by atomic mass is 19.1. The van der Waals surface area contributed by atoms with Gasteiger partial charge in [-0.05, 0) is 31.0 Å². The molecule has 3 heterocycles. The Morgan fingerprint density at radius 2 is 1.93 bits per heavy atom. The maximum absolute atomic E-state index is 14.9. The van der Waals surface area contributed by atoms with Gasteiger partial charge >= 0.3 is 6.09 Å². The number of hydrogen-bond donors (Lipinski definition) is 1. The molecule has 2 amide bonds. The van der Waals surface area contributed by atoms with E-state index in [-0.39, 0.29) is 24.8 Å². The summed E-state index contributed by atoms with van der Waals surface area (Å²) in [7, 11) is 0. The van der Waals surface area contributed by atoms with Crippen LogP contribution in [0.15, 0.2) is 18.2 Å². The quantitative estimate of drug-likeness (QED) is 0.804. The highest BCUT2D eigenvalue weighted by Crippen LogP contribution is 2.34. The van der Waals surface area contributed by atoms with E-state index in [9.17, 15) is 14.0 Å². The molecule has 30 heavy (non-hydrogen) atoms. The SMILES string of the molecule is CC(=O)NCC1CN(c2ccc(N3CCC4(CC3)OCCCCO4)c(F)c2)C(=O)O1. The first kappa shape index (κ1) is 20.9. The molecule has 3 aliphatic rings. The van der Waals surface area contributed by atoms with E-state index in [1.54, 1.807) is 12.1 Å². The van der Waals surface area contributed by atoms with E-state index >= 15 is 0 Å². The largest absolute Gasteiger partial charge is 0.442 e. The number of benzene rings is 1. The molecule has 0 bridgehead atoms. The Bertz CT molecular complexity index is 787. The Balaban J connectivity index is 1.39. The molecule has 9 heteroatoms. The lowest BCUT2D eigenvalue weighted by Gasteiger charge is -2.41. The number of halogens is 1. The van der Waals surface area contributed by atoms with Gasteiger partial charge < -0.3 is 24.4 Å². The van der Waals surface area contributed by atoms with Gasteiger partial charge in [-0.25, -0.2) is 9.18 Å². The highest BCUT2D eigenvalue weighted by molar-refractivity contribution is 5.90. The molecule has 3 fully saturated rings. The van der Waals surface area contributed by atoms with Gasteiger partial charge in [-0.3, -0.25) is 9.69 Å². The fourth-order valence-corrected chi connectivity index (χ4v) is 4.16. The molecule has 0 radical (unpaired) electrons. The fraction of sp³-hybridized carbons (Fsp3) is 0.619. The molecule has 1 N–H and O–H groups in total. The molecule has 3 saturated heterocycles. The van der Waals surface area contributed by atoms with Crippen LogP contribution < -0.4 is 15.1 Å². The number of nitrogens with one attached hydrogen (secondary N) is 1. The molecule has 0 saturated carbocycles. The number of piperidine rings is 1. The van der Waals surface area contributed by atoms with Gasteiger partial charge in [0.2, 0.25) is 5.91 Å². The van der Waals surface area contributed by atoms with Crippen molar-refractivity contribution in [1.29, 1.82) is 0 Å². The molecular weight excluding hydrogens is 393 g/mol. The van der Waals surface area contributed by atoms with Crippen LogP contribution in [0, 0.1) is 5.82 Å². The zero-order valence-electron chi connectivity index (χ0n) is 17.2. The van der Waals surface area contributed by atoms with Crippen molar-refractivity contribution < 1.29 is 28.2 Å². The van der Waals surface area contributed by atoms with Crippen molar-refractivity contribution in [2.45, 2.75) is 44.5 Å². The molecular formula is C21H28FN3O5. The summed E-state index contributed by atoms with van der Waals surface area (Å²) in [6.07, 6.45) is 2.40. The third-order valence-corrected chi connectivity index (χ3v) is 5.83. The van der Waals surface area contributed by atoms with Crippen LogP contribution in [0.25, 0.3) is 0 Å². The average Bonchev–Trinajstić information content (AvgIpc) is 2.95. The number of hydrogen-bond acceptors (Lipinski definition) is 6. The van der Waals surface area contributed by atoms with Crippen LogP contribution in [0.3, 0.4) is 0 Å². The van der Waals surface area contributed by atoms with E-state index in [0.717, 1.165) is 12.8 Å². The predicted octanol–water partition coefficient (Wildman–Crippen LogP) is 2.41. The van der Waals surface area contributed by atoms with E-state index in [1.165, 1.54) is 17.9 Å². The maximum Gasteiger partial charge on any atom is 0.414 e. The van der Waals surface area contributed by atoms with Gasteiger partial charge in [0.25, 0.3) is 0 Å². The van der Waals surface area contributed by atoms with Crippen LogP contribution in [-0.4, -0.2) is 63.3 Å². The molecule has 0 aliphatic carbocycles. The Morgan fingerprint density at radius 1 is 1.23 bits per heavy atom. The second-order valence-electron chi connectivity index (χ2n) is 7.99. The zero-order chi connectivity index (χ0) is 21.1. The monoisotopic (exact) mass is 421 g/mol. The summed E-state index contributed by atoms with van der Waals surface area (Å²) in [5.74, 6) is -1.11. The number of rotatable bonds is 4. The van der Waals surface area contributed by atoms with E-state index in [2.05, 4.69) is 5.32 Å². The number of carbonyl (C=O) groups excluding carboxylic acids is 2. The van der Waals surface area contributed by atoms with E-state index in [0.29, 0.717) is 50.5 Å². The molecule has 164 valence electrons. The van der Waals surface area contributed by atoms with Crippen molar-refractivity contribution in [2.75, 3.05) is 49.2 Å². The summed E-state index contributed by atoms with van der Waals surface area (Å²) in [4.78, 5) is 26.6. The number of anilines is 2. The summed E-state index contributed by atoms with van der Waals surface area (Å²) in [6, 6.07) is 4.79. The van der Waals surface area contributed by atoms with Crippen molar-refractivity contribution in [1.82, 2.24) is 5.32 Å². The molecule has 1 unspecified atom stereocenters. The fourth-order valence-electron chi connectivity index (χ4n) is 4.16. The van der Waals surface area contributed by atoms with Gasteiger partial charge in [-0.1, -0.05) is 0 Å². The van der Waals surface area contributed by atoms with Gasteiger partial charge in [-0.2, -0.15) is 0 Å². The first-order valence-corrected chi connectivity index (χ1v) is 10.5. The highest BCUT2D eigenvalue weighted by Gasteiger charge is 2.38. The second-order valence-corrected chi connectivity index (χ2v) is 7.99. The minimum atomic E-state index is -0.542. The lowest BCUT2D eigenvalue weighted by Crippen LogP contribution is -2.48. The van der Waals surface area contributed by atoms with Gasteiger partial charge in [0.05, 0.1) is 37.7 Å². The number of amides is 2. The lowest BCUT2D eigenvalue weighted by atomic mass is 10.0. The Morgan fingerprint density at radius 3 is 2.57 bits per heavy atom. The zero-order valence-corrected chi connectivity index (χ0v) is 17.2.